The Labute approximate surface area is 110 Å². The number of nitrogens with zero attached hydrogens (tertiary/aromatic N) is 1. The van der Waals surface area contributed by atoms with E-state index in [-0.39, 0.29) is 6.09 Å². The van der Waals surface area contributed by atoms with Crippen LogP contribution in [0.4, 0.5) is 4.79 Å². The monoisotopic (exact) mass is 274 g/mol. The molecule has 0 aromatic carbocycles. The number of amides is 1. The van der Waals surface area contributed by atoms with E-state index >= 15 is 0 Å². The summed E-state index contributed by atoms with van der Waals surface area (Å²) in [5.41, 5.74) is 0.599. The van der Waals surface area contributed by atoms with Crippen LogP contribution in [0.2, 0.25) is 0 Å². The molecule has 1 N–H and O–H groups in total. The Bertz CT molecular complexity index is 372. The summed E-state index contributed by atoms with van der Waals surface area (Å²) in [6.45, 7) is 8.09. The van der Waals surface area contributed by atoms with E-state index in [2.05, 4.69) is 10.3 Å². The number of ether oxygens (including phenoxy) is 1. The Morgan fingerprint density at radius 2 is 2.29 bits per heavy atom. The van der Waals surface area contributed by atoms with Crippen molar-refractivity contribution in [2.24, 2.45) is 0 Å². The molecule has 6 heteroatoms. The third kappa shape index (κ3) is 6.53. The van der Waals surface area contributed by atoms with Crippen LogP contribution in [0.15, 0.2) is 9.72 Å². The van der Waals surface area contributed by atoms with Crippen molar-refractivity contribution < 1.29 is 9.53 Å². The molecule has 1 heterocycles. The molecule has 1 rings (SSSR count). The first-order valence-corrected chi connectivity index (χ1v) is 7.25. The van der Waals surface area contributed by atoms with Gasteiger partial charge in [-0.15, -0.1) is 11.3 Å². The molecule has 1 aromatic rings. The fraction of sp³-hybridized carbons (Fsp3) is 0.636. The molecule has 1 aromatic heterocycles. The molecule has 96 valence electrons. The third-order valence-corrected chi connectivity index (χ3v) is 3.73. The second-order valence-electron chi connectivity index (χ2n) is 4.53. The summed E-state index contributed by atoms with van der Waals surface area (Å²) >= 11 is 3.26. The first-order valence-electron chi connectivity index (χ1n) is 5.38. The number of thioether (sulfide) groups is 1. The molecule has 0 aliphatic rings. The second kappa shape index (κ2) is 6.26. The lowest BCUT2D eigenvalue weighted by molar-refractivity contribution is 0.0531. The van der Waals surface area contributed by atoms with Gasteiger partial charge in [-0.05, 0) is 27.7 Å². The Hall–Kier alpha value is -0.750. The first-order chi connectivity index (χ1) is 7.87. The van der Waals surface area contributed by atoms with Gasteiger partial charge >= 0.3 is 6.09 Å². The number of aryl methyl sites for hydroxylation is 1. The van der Waals surface area contributed by atoms with Gasteiger partial charge in [-0.3, -0.25) is 0 Å². The van der Waals surface area contributed by atoms with Crippen molar-refractivity contribution in [3.63, 3.8) is 0 Å². The highest BCUT2D eigenvalue weighted by molar-refractivity contribution is 8.01. The maximum Gasteiger partial charge on any atom is 0.407 e. The zero-order chi connectivity index (χ0) is 12.9. The Balaban J connectivity index is 2.14. The van der Waals surface area contributed by atoms with Gasteiger partial charge < -0.3 is 10.1 Å². The summed E-state index contributed by atoms with van der Waals surface area (Å²) < 4.78 is 6.16. The van der Waals surface area contributed by atoms with Crippen molar-refractivity contribution in [2.75, 3.05) is 12.3 Å². The molecule has 4 nitrogen and oxygen atoms in total. The van der Waals surface area contributed by atoms with Gasteiger partial charge in [0, 0.05) is 23.4 Å². The van der Waals surface area contributed by atoms with Gasteiger partial charge in [0.1, 0.15) is 9.94 Å². The number of thiazole rings is 1. The summed E-state index contributed by atoms with van der Waals surface area (Å²) in [6.07, 6.45) is -0.367. The average molecular weight is 274 g/mol. The van der Waals surface area contributed by atoms with Gasteiger partial charge in [0.05, 0.1) is 0 Å². The third-order valence-electron chi connectivity index (χ3n) is 1.59. The van der Waals surface area contributed by atoms with E-state index in [1.165, 1.54) is 0 Å². The molecule has 0 unspecified atom stereocenters. The van der Waals surface area contributed by atoms with E-state index in [1.807, 2.05) is 33.1 Å². The Morgan fingerprint density at radius 3 is 2.82 bits per heavy atom. The van der Waals surface area contributed by atoms with Gasteiger partial charge in [0.25, 0.3) is 0 Å². The van der Waals surface area contributed by atoms with Crippen molar-refractivity contribution in [2.45, 2.75) is 37.6 Å². The van der Waals surface area contributed by atoms with Gasteiger partial charge in [0.2, 0.25) is 0 Å². The van der Waals surface area contributed by atoms with Crippen LogP contribution in [0.1, 0.15) is 26.5 Å². The van der Waals surface area contributed by atoms with Crippen LogP contribution in [0.5, 0.6) is 0 Å². The van der Waals surface area contributed by atoms with E-state index in [0.717, 1.165) is 15.8 Å². The SMILES string of the molecule is Cc1csc(SCCNC(=O)OC(C)(C)C)n1. The fourth-order valence-electron chi connectivity index (χ4n) is 1.00. The largest absolute Gasteiger partial charge is 0.444 e. The van der Waals surface area contributed by atoms with E-state index in [1.54, 1.807) is 23.1 Å². The molecule has 0 saturated heterocycles. The lowest BCUT2D eigenvalue weighted by atomic mass is 10.2. The molecule has 0 atom stereocenters. The number of hydrogen-bond acceptors (Lipinski definition) is 5. The van der Waals surface area contributed by atoms with Crippen LogP contribution in [0.25, 0.3) is 0 Å². The number of carbonyl (C=O) groups excluding carboxylic acids is 1. The number of rotatable bonds is 4. The molecule has 0 fully saturated rings. The normalized spacial score (nSPS) is 11.3. The number of alkyl carbamates (subject to hydrolysis) is 1. The minimum atomic E-state index is -0.441. The molecule has 0 bridgehead atoms. The minimum Gasteiger partial charge on any atom is -0.444 e. The molecule has 1 amide bonds. The van der Waals surface area contributed by atoms with E-state index in [4.69, 9.17) is 4.74 Å². The van der Waals surface area contributed by atoms with E-state index in [9.17, 15) is 4.79 Å². The number of aromatic nitrogens is 1. The summed E-state index contributed by atoms with van der Waals surface area (Å²) in [7, 11) is 0. The highest BCUT2D eigenvalue weighted by atomic mass is 32.2. The minimum absolute atomic E-state index is 0.367. The first kappa shape index (κ1) is 14.3. The number of nitrogens with one attached hydrogen (secondary N) is 1. The summed E-state index contributed by atoms with van der Waals surface area (Å²) in [5, 5.41) is 4.73. The smallest absolute Gasteiger partial charge is 0.407 e. The molecule has 0 radical (unpaired) electrons. The summed E-state index contributed by atoms with van der Waals surface area (Å²) in [5.74, 6) is 0.798. The van der Waals surface area contributed by atoms with Crippen molar-refractivity contribution >= 4 is 29.2 Å². The van der Waals surface area contributed by atoms with Crippen molar-refractivity contribution in [1.29, 1.82) is 0 Å². The molecule has 0 aliphatic carbocycles. The standard InChI is InChI=1S/C11H18N2O2S2/c1-8-7-17-10(13-8)16-6-5-12-9(14)15-11(2,3)4/h7H,5-6H2,1-4H3,(H,12,14). The summed E-state index contributed by atoms with van der Waals surface area (Å²) in [6, 6.07) is 0. The Kier molecular flexibility index (Phi) is 5.27. The predicted molar refractivity (Wildman–Crippen MR) is 71.8 cm³/mol. The van der Waals surface area contributed by atoms with Gasteiger partial charge in [-0.1, -0.05) is 11.8 Å². The second-order valence-corrected chi connectivity index (χ2v) is 6.73. The molecule has 17 heavy (non-hydrogen) atoms. The number of carbonyl (C=O) groups is 1. The average Bonchev–Trinajstić information content (AvgIpc) is 2.56. The zero-order valence-electron chi connectivity index (χ0n) is 10.6. The molecule has 0 spiro atoms. The maximum atomic E-state index is 11.3. The lowest BCUT2D eigenvalue weighted by Crippen LogP contribution is -2.33. The molecule has 0 saturated carbocycles. The fourth-order valence-corrected chi connectivity index (χ4v) is 2.78. The highest BCUT2D eigenvalue weighted by Gasteiger charge is 2.15. The molecular formula is C11H18N2O2S2. The van der Waals surface area contributed by atoms with Crippen LogP contribution in [0, 0.1) is 6.92 Å². The summed E-state index contributed by atoms with van der Waals surface area (Å²) in [4.78, 5) is 15.6. The molecule has 0 aliphatic heterocycles. The van der Waals surface area contributed by atoms with Crippen LogP contribution in [0.3, 0.4) is 0 Å². The zero-order valence-corrected chi connectivity index (χ0v) is 12.2. The maximum absolute atomic E-state index is 11.3. The topological polar surface area (TPSA) is 51.2 Å². The van der Waals surface area contributed by atoms with Gasteiger partial charge in [-0.2, -0.15) is 0 Å². The Morgan fingerprint density at radius 1 is 1.59 bits per heavy atom. The quantitative estimate of drug-likeness (QED) is 0.677. The van der Waals surface area contributed by atoms with Crippen molar-refractivity contribution in [3.05, 3.63) is 11.1 Å². The lowest BCUT2D eigenvalue weighted by Gasteiger charge is -2.19. The highest BCUT2D eigenvalue weighted by Crippen LogP contribution is 2.21. The van der Waals surface area contributed by atoms with E-state index < -0.39 is 5.60 Å². The van der Waals surface area contributed by atoms with Crippen LogP contribution in [-0.2, 0) is 4.74 Å². The van der Waals surface area contributed by atoms with Crippen LogP contribution in [-0.4, -0.2) is 29.0 Å². The van der Waals surface area contributed by atoms with E-state index in [0.29, 0.717) is 6.54 Å². The van der Waals surface area contributed by atoms with Crippen LogP contribution < -0.4 is 5.32 Å². The van der Waals surface area contributed by atoms with Gasteiger partial charge in [-0.25, -0.2) is 9.78 Å². The van der Waals surface area contributed by atoms with Crippen molar-refractivity contribution in [3.8, 4) is 0 Å². The predicted octanol–water partition coefficient (Wildman–Crippen LogP) is 3.07. The molecular weight excluding hydrogens is 256 g/mol. The van der Waals surface area contributed by atoms with Crippen LogP contribution >= 0.6 is 23.1 Å². The number of hydrogen-bond donors (Lipinski definition) is 1. The van der Waals surface area contributed by atoms with Crippen molar-refractivity contribution in [1.82, 2.24) is 10.3 Å². The van der Waals surface area contributed by atoms with Gasteiger partial charge in [0.15, 0.2) is 0 Å².